The minimum atomic E-state index is -0.837. The molecule has 7 heteroatoms. The molecule has 12 rings (SSSR count). The van der Waals surface area contributed by atoms with Crippen LogP contribution in [0, 0.1) is 17.9 Å². The van der Waals surface area contributed by atoms with Crippen molar-refractivity contribution >= 4 is 22.7 Å². The first-order valence-electron chi connectivity index (χ1n) is 18.8. The molecule has 0 bridgehead atoms. The van der Waals surface area contributed by atoms with Gasteiger partial charge < -0.3 is 9.47 Å². The van der Waals surface area contributed by atoms with E-state index in [0.29, 0.717) is 28.5 Å². The Hall–Kier alpha value is -8.00. The Labute approximate surface area is 328 Å². The second kappa shape index (κ2) is 11.5. The van der Waals surface area contributed by atoms with Gasteiger partial charge in [0, 0.05) is 35.0 Å². The van der Waals surface area contributed by atoms with Crippen molar-refractivity contribution in [1.29, 1.82) is 5.26 Å². The fraction of sp³-hybridized carbons (Fsp3) is 0.0400. The molecule has 1 spiro atoms. The fourth-order valence-corrected chi connectivity index (χ4v) is 9.67. The van der Waals surface area contributed by atoms with Crippen LogP contribution in [-0.4, -0.2) is 9.97 Å². The molecule has 2 aromatic heterocycles. The van der Waals surface area contributed by atoms with E-state index in [9.17, 15) is 5.26 Å². The number of fused-ring (bicyclic) bond motifs is 14. The maximum Gasteiger partial charge on any atom is 0.191 e. The summed E-state index contributed by atoms with van der Waals surface area (Å²) in [6.07, 6.45) is 3.85. The molecule has 0 saturated carbocycles. The molecule has 8 aromatic rings. The molecular formula is C50H27N5O2. The van der Waals surface area contributed by atoms with Crippen LogP contribution in [0.25, 0.3) is 27.4 Å². The van der Waals surface area contributed by atoms with Crippen LogP contribution in [0.2, 0.25) is 0 Å². The molecule has 0 N–H and O–H groups in total. The van der Waals surface area contributed by atoms with E-state index >= 15 is 0 Å². The Kier molecular flexibility index (Phi) is 6.33. The van der Waals surface area contributed by atoms with Gasteiger partial charge in [0.1, 0.15) is 11.5 Å². The molecule has 0 fully saturated rings. The summed E-state index contributed by atoms with van der Waals surface area (Å²) in [5.74, 6) is 2.65. The smallest absolute Gasteiger partial charge is 0.191 e. The van der Waals surface area contributed by atoms with Gasteiger partial charge in [-0.05, 0) is 94.0 Å². The van der Waals surface area contributed by atoms with E-state index in [0.717, 1.165) is 78.7 Å². The normalized spacial score (nSPS) is 16.9. The standard InChI is InChI=1S/C50H27N5O2/c1-52-31-20-22-41-45(26-31)56-44-18-7-5-15-40(44)55(41)42-16-8-13-38-49(42)57-43-17-6-4-12-36(43)50(38)37-14-9-23-53-47(37)48-39(50)25-30(28-54-48)46-33-11-3-2-10-32(33)35-24-29(27-51)19-21-34(35)46/h2-26,28,46H. The number of ether oxygens (including phenoxy) is 2. The summed E-state index contributed by atoms with van der Waals surface area (Å²) in [7, 11) is 0. The largest absolute Gasteiger partial charge is 0.454 e. The number of nitrogens with zero attached hydrogens (tertiary/aromatic N) is 5. The molecule has 264 valence electrons. The number of benzene rings is 6. The fourth-order valence-electron chi connectivity index (χ4n) is 9.67. The molecule has 0 radical (unpaired) electrons. The Morgan fingerprint density at radius 1 is 0.614 bits per heavy atom. The molecule has 7 nitrogen and oxygen atoms in total. The van der Waals surface area contributed by atoms with Crippen LogP contribution in [0.15, 0.2) is 158 Å². The SMILES string of the molecule is [C-]#[N+]c1ccc2c(c1)Oc1ccccc1N2c1cccc2c1Oc1ccccc1C21c2cccnc2-c2ncc(C3c4ccccc4-c4cc(C#N)ccc43)cc21. The van der Waals surface area contributed by atoms with Gasteiger partial charge in [-0.1, -0.05) is 84.9 Å². The molecule has 6 aromatic carbocycles. The first-order chi connectivity index (χ1) is 28.2. The highest BCUT2D eigenvalue weighted by molar-refractivity contribution is 5.93. The van der Waals surface area contributed by atoms with Crippen molar-refractivity contribution in [2.24, 2.45) is 0 Å². The number of pyridine rings is 2. The zero-order valence-electron chi connectivity index (χ0n) is 30.1. The number of hydrogen-bond donors (Lipinski definition) is 0. The maximum atomic E-state index is 9.82. The van der Waals surface area contributed by atoms with Crippen LogP contribution in [-0.2, 0) is 5.41 Å². The predicted octanol–water partition coefficient (Wildman–Crippen LogP) is 12.1. The van der Waals surface area contributed by atoms with Gasteiger partial charge >= 0.3 is 0 Å². The molecule has 0 amide bonds. The summed E-state index contributed by atoms with van der Waals surface area (Å²) >= 11 is 0. The zero-order valence-corrected chi connectivity index (χ0v) is 30.1. The van der Waals surface area contributed by atoms with Crippen LogP contribution in [0.5, 0.6) is 23.0 Å². The summed E-state index contributed by atoms with van der Waals surface area (Å²) in [6, 6.07) is 51.5. The highest BCUT2D eigenvalue weighted by atomic mass is 16.5. The van der Waals surface area contributed by atoms with E-state index in [-0.39, 0.29) is 5.92 Å². The zero-order chi connectivity index (χ0) is 37.8. The molecule has 57 heavy (non-hydrogen) atoms. The highest BCUT2D eigenvalue weighted by Gasteiger charge is 2.53. The third-order valence-electron chi connectivity index (χ3n) is 11.9. The van der Waals surface area contributed by atoms with Gasteiger partial charge in [-0.25, -0.2) is 4.85 Å². The number of para-hydroxylation sites is 4. The van der Waals surface area contributed by atoms with Gasteiger partial charge in [0.15, 0.2) is 17.2 Å². The van der Waals surface area contributed by atoms with Crippen molar-refractivity contribution in [2.75, 3.05) is 4.90 Å². The lowest BCUT2D eigenvalue weighted by Gasteiger charge is -2.41. The highest BCUT2D eigenvalue weighted by Crippen LogP contribution is 2.65. The Morgan fingerprint density at radius 3 is 2.28 bits per heavy atom. The second-order valence-corrected chi connectivity index (χ2v) is 14.7. The average molecular weight is 730 g/mol. The second-order valence-electron chi connectivity index (χ2n) is 14.7. The first-order valence-corrected chi connectivity index (χ1v) is 18.8. The lowest BCUT2D eigenvalue weighted by molar-refractivity contribution is 0.436. The van der Waals surface area contributed by atoms with Gasteiger partial charge in [-0.15, -0.1) is 0 Å². The molecule has 4 aliphatic rings. The van der Waals surface area contributed by atoms with E-state index in [1.165, 1.54) is 5.56 Å². The maximum absolute atomic E-state index is 9.82. The van der Waals surface area contributed by atoms with E-state index in [2.05, 4.69) is 88.6 Å². The Balaban J connectivity index is 1.14. The van der Waals surface area contributed by atoms with Gasteiger partial charge in [-0.3, -0.25) is 14.9 Å². The Morgan fingerprint density at radius 2 is 1.37 bits per heavy atom. The topological polar surface area (TPSA) is 75.6 Å². The van der Waals surface area contributed by atoms with E-state index in [1.807, 2.05) is 79.1 Å². The summed E-state index contributed by atoms with van der Waals surface area (Å²) in [6.45, 7) is 7.70. The van der Waals surface area contributed by atoms with Gasteiger partial charge in [-0.2, -0.15) is 5.26 Å². The van der Waals surface area contributed by atoms with Crippen LogP contribution in [0.1, 0.15) is 50.4 Å². The average Bonchev–Trinajstić information content (AvgIpc) is 3.75. The molecule has 2 unspecified atom stereocenters. The molecule has 0 saturated heterocycles. The van der Waals surface area contributed by atoms with Crippen LogP contribution in [0.3, 0.4) is 0 Å². The lowest BCUT2D eigenvalue weighted by Crippen LogP contribution is -2.33. The van der Waals surface area contributed by atoms with Gasteiger partial charge in [0.05, 0.1) is 52.1 Å². The summed E-state index contributed by atoms with van der Waals surface area (Å²) in [5, 5.41) is 9.82. The van der Waals surface area contributed by atoms with Crippen molar-refractivity contribution in [3.05, 3.63) is 214 Å². The van der Waals surface area contributed by atoms with Gasteiger partial charge in [0.2, 0.25) is 0 Å². The van der Waals surface area contributed by atoms with Crippen molar-refractivity contribution in [3.8, 4) is 51.6 Å². The third-order valence-corrected chi connectivity index (χ3v) is 11.9. The van der Waals surface area contributed by atoms with E-state index in [1.54, 1.807) is 6.07 Å². The number of anilines is 3. The van der Waals surface area contributed by atoms with Crippen LogP contribution < -0.4 is 14.4 Å². The lowest BCUT2D eigenvalue weighted by atomic mass is 9.66. The third kappa shape index (κ3) is 4.12. The van der Waals surface area contributed by atoms with Crippen molar-refractivity contribution in [2.45, 2.75) is 11.3 Å². The van der Waals surface area contributed by atoms with Crippen molar-refractivity contribution in [3.63, 3.8) is 0 Å². The van der Waals surface area contributed by atoms with Crippen molar-refractivity contribution < 1.29 is 9.47 Å². The van der Waals surface area contributed by atoms with Crippen molar-refractivity contribution in [1.82, 2.24) is 9.97 Å². The predicted molar refractivity (Wildman–Crippen MR) is 218 cm³/mol. The molecular weight excluding hydrogens is 703 g/mol. The number of nitriles is 1. The summed E-state index contributed by atoms with van der Waals surface area (Å²) in [5.41, 5.74) is 14.2. The Bertz CT molecular complexity index is 3160. The number of aromatic nitrogens is 2. The first kappa shape index (κ1) is 31.4. The molecule has 2 aliphatic heterocycles. The minimum absolute atomic E-state index is 0.0851. The monoisotopic (exact) mass is 729 g/mol. The summed E-state index contributed by atoms with van der Waals surface area (Å²) < 4.78 is 13.5. The minimum Gasteiger partial charge on any atom is -0.454 e. The number of rotatable bonds is 2. The van der Waals surface area contributed by atoms with Gasteiger partial charge in [0.25, 0.3) is 0 Å². The van der Waals surface area contributed by atoms with E-state index < -0.39 is 5.41 Å². The van der Waals surface area contributed by atoms with Crippen LogP contribution in [0.4, 0.5) is 22.7 Å². The summed E-state index contributed by atoms with van der Waals surface area (Å²) in [4.78, 5) is 16.2. The molecule has 2 atom stereocenters. The molecule has 4 heterocycles. The quantitative estimate of drug-likeness (QED) is 0.165. The number of hydrogen-bond acceptors (Lipinski definition) is 6. The van der Waals surface area contributed by atoms with E-state index in [4.69, 9.17) is 26.0 Å². The van der Waals surface area contributed by atoms with Crippen LogP contribution >= 0.6 is 0 Å². The molecule has 2 aliphatic carbocycles.